The highest BCUT2D eigenvalue weighted by Crippen LogP contribution is 2.39. The molecule has 0 radical (unpaired) electrons. The second-order valence-electron chi connectivity index (χ2n) is 7.75. The van der Waals surface area contributed by atoms with Gasteiger partial charge in [-0.3, -0.25) is 0 Å². The van der Waals surface area contributed by atoms with Crippen molar-refractivity contribution in [3.05, 3.63) is 59.1 Å². The molecule has 3 rings (SSSR count). The minimum atomic E-state index is -1.03. The number of hydrogen-bond acceptors (Lipinski definition) is 4. The predicted molar refractivity (Wildman–Crippen MR) is 116 cm³/mol. The number of ether oxygens (including phenoxy) is 1. The molecule has 7 heteroatoms. The summed E-state index contributed by atoms with van der Waals surface area (Å²) in [6, 6.07) is 14.4. The fourth-order valence-electron chi connectivity index (χ4n) is 3.86. The Morgan fingerprint density at radius 3 is 2.69 bits per heavy atom. The smallest absolute Gasteiger partial charge is 0.321 e. The molecule has 2 aromatic carbocycles. The van der Waals surface area contributed by atoms with Gasteiger partial charge in [0.1, 0.15) is 5.75 Å². The van der Waals surface area contributed by atoms with Crippen LogP contribution in [0.4, 0.5) is 10.5 Å². The van der Waals surface area contributed by atoms with Crippen LogP contribution in [0.25, 0.3) is 0 Å². The first-order valence-corrected chi connectivity index (χ1v) is 10.0. The third-order valence-electron chi connectivity index (χ3n) is 5.42. The Balaban J connectivity index is 1.79. The van der Waals surface area contributed by atoms with Crippen LogP contribution in [-0.4, -0.2) is 61.8 Å². The number of rotatable bonds is 5. The average Bonchev–Trinajstić information content (AvgIpc) is 2.71. The lowest BCUT2D eigenvalue weighted by atomic mass is 9.75. The molecule has 156 valence electrons. The normalized spacial score (nSPS) is 21.9. The number of carbonyl (C=O) groups excluding carboxylic acids is 1. The van der Waals surface area contributed by atoms with Crippen LogP contribution < -0.4 is 10.1 Å². The van der Waals surface area contributed by atoms with Crippen molar-refractivity contribution in [2.75, 3.05) is 46.2 Å². The Hall–Kier alpha value is -2.28. The van der Waals surface area contributed by atoms with Crippen molar-refractivity contribution in [2.45, 2.75) is 12.0 Å². The fourth-order valence-corrected chi connectivity index (χ4v) is 3.99. The minimum absolute atomic E-state index is 0.144. The Labute approximate surface area is 177 Å². The molecule has 2 aromatic rings. The molecule has 0 spiro atoms. The summed E-state index contributed by atoms with van der Waals surface area (Å²) in [6.07, 6.45) is 0.451. The SMILES string of the molecule is COc1cccc(C2(O)CCN(C(=O)Nc3ccc(Cl)cc3)CC2CN(C)C)c1. The van der Waals surface area contributed by atoms with Crippen molar-refractivity contribution >= 4 is 23.3 Å². The van der Waals surface area contributed by atoms with Crippen LogP contribution in [0.3, 0.4) is 0 Å². The number of benzene rings is 2. The monoisotopic (exact) mass is 417 g/mol. The Bertz CT molecular complexity index is 843. The first kappa shape index (κ1) is 21.4. The summed E-state index contributed by atoms with van der Waals surface area (Å²) in [5, 5.41) is 15.2. The summed E-state index contributed by atoms with van der Waals surface area (Å²) in [4.78, 5) is 16.6. The van der Waals surface area contributed by atoms with E-state index in [1.165, 1.54) is 0 Å². The van der Waals surface area contributed by atoms with Crippen molar-refractivity contribution in [2.24, 2.45) is 5.92 Å². The van der Waals surface area contributed by atoms with Gasteiger partial charge in [0.25, 0.3) is 0 Å². The molecule has 6 nitrogen and oxygen atoms in total. The number of anilines is 1. The van der Waals surface area contributed by atoms with E-state index in [1.54, 1.807) is 36.3 Å². The molecule has 1 aliphatic rings. The average molecular weight is 418 g/mol. The van der Waals surface area contributed by atoms with Crippen LogP contribution in [0.15, 0.2) is 48.5 Å². The number of likely N-dealkylation sites (tertiary alicyclic amines) is 1. The van der Waals surface area contributed by atoms with Gasteiger partial charge in [-0.2, -0.15) is 0 Å². The van der Waals surface area contributed by atoms with Crippen LogP contribution in [0.2, 0.25) is 5.02 Å². The van der Waals surface area contributed by atoms with Gasteiger partial charge in [0.15, 0.2) is 0 Å². The van der Waals surface area contributed by atoms with Gasteiger partial charge in [-0.1, -0.05) is 23.7 Å². The summed E-state index contributed by atoms with van der Waals surface area (Å²) in [7, 11) is 5.56. The van der Waals surface area contributed by atoms with Crippen LogP contribution in [0, 0.1) is 5.92 Å². The van der Waals surface area contributed by atoms with E-state index in [4.69, 9.17) is 16.3 Å². The zero-order valence-electron chi connectivity index (χ0n) is 17.1. The van der Waals surface area contributed by atoms with E-state index < -0.39 is 5.60 Å². The standard InChI is InChI=1S/C22H28ClN3O3/c1-25(2)14-17-15-26(21(27)24-19-9-7-18(23)8-10-19)12-11-22(17,28)16-5-4-6-20(13-16)29-3/h4-10,13,17,28H,11-12,14-15H2,1-3H3,(H,24,27). The molecule has 0 saturated carbocycles. The number of nitrogens with one attached hydrogen (secondary N) is 1. The lowest BCUT2D eigenvalue weighted by Gasteiger charge is -2.45. The van der Waals surface area contributed by atoms with Crippen molar-refractivity contribution in [1.82, 2.24) is 9.80 Å². The summed E-state index contributed by atoms with van der Waals surface area (Å²) in [5.41, 5.74) is 0.481. The van der Waals surface area contributed by atoms with Crippen molar-refractivity contribution in [3.8, 4) is 5.75 Å². The van der Waals surface area contributed by atoms with Gasteiger partial charge < -0.3 is 25.0 Å². The zero-order chi connectivity index (χ0) is 21.0. The van der Waals surface area contributed by atoms with Crippen molar-refractivity contribution in [1.29, 1.82) is 0 Å². The van der Waals surface area contributed by atoms with Gasteiger partial charge in [-0.15, -0.1) is 0 Å². The quantitative estimate of drug-likeness (QED) is 0.779. The van der Waals surface area contributed by atoms with E-state index in [0.717, 1.165) is 5.56 Å². The maximum Gasteiger partial charge on any atom is 0.321 e. The maximum absolute atomic E-state index is 12.8. The molecular formula is C22H28ClN3O3. The maximum atomic E-state index is 12.8. The summed E-state index contributed by atoms with van der Waals surface area (Å²) in [5.74, 6) is 0.566. The largest absolute Gasteiger partial charge is 0.497 e. The summed E-state index contributed by atoms with van der Waals surface area (Å²) in [6.45, 7) is 1.56. The van der Waals surface area contributed by atoms with Crippen molar-refractivity contribution < 1.29 is 14.6 Å². The summed E-state index contributed by atoms with van der Waals surface area (Å²) < 4.78 is 5.34. The molecule has 0 aliphatic carbocycles. The number of methoxy groups -OCH3 is 1. The molecule has 1 fully saturated rings. The van der Waals surface area contributed by atoms with E-state index in [0.29, 0.717) is 42.5 Å². The number of urea groups is 1. The number of hydrogen-bond donors (Lipinski definition) is 2. The molecule has 2 N–H and O–H groups in total. The van der Waals surface area contributed by atoms with Crippen LogP contribution >= 0.6 is 11.6 Å². The van der Waals surface area contributed by atoms with E-state index in [9.17, 15) is 9.90 Å². The van der Waals surface area contributed by atoms with Gasteiger partial charge in [0.05, 0.1) is 12.7 Å². The number of nitrogens with zero attached hydrogens (tertiary/aromatic N) is 2. The molecular weight excluding hydrogens is 390 g/mol. The Kier molecular flexibility index (Phi) is 6.67. The second kappa shape index (κ2) is 9.03. The number of piperidine rings is 1. The van der Waals surface area contributed by atoms with Crippen molar-refractivity contribution in [3.63, 3.8) is 0 Å². The third-order valence-corrected chi connectivity index (χ3v) is 5.67. The van der Waals surface area contributed by atoms with Crippen LogP contribution in [0.1, 0.15) is 12.0 Å². The molecule has 2 atom stereocenters. The molecule has 1 saturated heterocycles. The molecule has 29 heavy (non-hydrogen) atoms. The van der Waals surface area contributed by atoms with Crippen LogP contribution in [-0.2, 0) is 5.60 Å². The highest BCUT2D eigenvalue weighted by Gasteiger charge is 2.44. The number of halogens is 1. The van der Waals surface area contributed by atoms with Gasteiger partial charge >= 0.3 is 6.03 Å². The highest BCUT2D eigenvalue weighted by atomic mass is 35.5. The molecule has 2 amide bonds. The number of aliphatic hydroxyl groups is 1. The Morgan fingerprint density at radius 1 is 1.31 bits per heavy atom. The second-order valence-corrected chi connectivity index (χ2v) is 8.18. The Morgan fingerprint density at radius 2 is 2.03 bits per heavy atom. The van der Waals surface area contributed by atoms with E-state index in [-0.39, 0.29) is 11.9 Å². The first-order valence-electron chi connectivity index (χ1n) is 9.65. The molecule has 1 aliphatic heterocycles. The number of carbonyl (C=O) groups is 1. The highest BCUT2D eigenvalue weighted by molar-refractivity contribution is 6.30. The molecule has 0 bridgehead atoms. The summed E-state index contributed by atoms with van der Waals surface area (Å²) >= 11 is 5.91. The molecule has 0 aromatic heterocycles. The lowest BCUT2D eigenvalue weighted by Crippen LogP contribution is -2.55. The number of amides is 2. The topological polar surface area (TPSA) is 65.0 Å². The minimum Gasteiger partial charge on any atom is -0.497 e. The predicted octanol–water partition coefficient (Wildman–Crippen LogP) is 3.65. The van der Waals surface area contributed by atoms with Gasteiger partial charge in [-0.25, -0.2) is 4.79 Å². The van der Waals surface area contributed by atoms with Gasteiger partial charge in [0, 0.05) is 36.3 Å². The van der Waals surface area contributed by atoms with E-state index in [2.05, 4.69) is 5.32 Å². The zero-order valence-corrected chi connectivity index (χ0v) is 17.8. The van der Waals surface area contributed by atoms with Gasteiger partial charge in [0.2, 0.25) is 0 Å². The van der Waals surface area contributed by atoms with E-state index >= 15 is 0 Å². The molecule has 1 heterocycles. The van der Waals surface area contributed by atoms with E-state index in [1.807, 2.05) is 43.3 Å². The lowest BCUT2D eigenvalue weighted by molar-refractivity contribution is -0.0750. The van der Waals surface area contributed by atoms with Crippen LogP contribution in [0.5, 0.6) is 5.75 Å². The van der Waals surface area contributed by atoms with Gasteiger partial charge in [-0.05, 0) is 62.5 Å². The molecule has 2 unspecified atom stereocenters. The third kappa shape index (κ3) is 5.01. The first-order chi connectivity index (χ1) is 13.8. The fraction of sp³-hybridized carbons (Fsp3) is 0.409.